The molecule has 1 unspecified atom stereocenters. The van der Waals surface area contributed by atoms with Crippen molar-refractivity contribution in [2.75, 3.05) is 16.8 Å². The van der Waals surface area contributed by atoms with Crippen LogP contribution in [0.25, 0.3) is 0 Å². The quantitative estimate of drug-likeness (QED) is 0.786. The molecule has 0 saturated carbocycles. The van der Waals surface area contributed by atoms with Crippen LogP contribution in [0, 0.1) is 0 Å². The van der Waals surface area contributed by atoms with Crippen molar-refractivity contribution in [2.45, 2.75) is 32.2 Å². The highest BCUT2D eigenvalue weighted by atomic mass is 32.2. The summed E-state index contributed by atoms with van der Waals surface area (Å²) in [4.78, 5) is 36.0. The first-order valence-corrected chi connectivity index (χ1v) is 10.1. The minimum absolute atomic E-state index is 0.0241. The van der Waals surface area contributed by atoms with E-state index in [1.165, 1.54) is 6.92 Å². The standard InChI is InChI=1S/C17H19N3O5S/c1-11(21)12-3-2-4-13(9-12)18-17(23)15-5-6-16(22)20(19-15)14-7-8-26(24,25)10-14/h2-4,9,14H,5-8,10H2,1H3,(H,18,23). The van der Waals surface area contributed by atoms with Crippen molar-refractivity contribution in [3.05, 3.63) is 29.8 Å². The normalized spacial score (nSPS) is 22.0. The van der Waals surface area contributed by atoms with E-state index in [2.05, 4.69) is 10.4 Å². The molecule has 138 valence electrons. The fraction of sp³-hybridized carbons (Fsp3) is 0.412. The van der Waals surface area contributed by atoms with E-state index in [0.717, 1.165) is 5.01 Å². The summed E-state index contributed by atoms with van der Waals surface area (Å²) in [5.74, 6) is -0.963. The Labute approximate surface area is 151 Å². The van der Waals surface area contributed by atoms with Crippen molar-refractivity contribution in [1.29, 1.82) is 0 Å². The van der Waals surface area contributed by atoms with Gasteiger partial charge < -0.3 is 5.32 Å². The van der Waals surface area contributed by atoms with E-state index < -0.39 is 21.8 Å². The predicted octanol–water partition coefficient (Wildman–Crippen LogP) is 0.993. The number of anilines is 1. The van der Waals surface area contributed by atoms with Gasteiger partial charge in [-0.05, 0) is 25.5 Å². The molecule has 2 aliphatic rings. The van der Waals surface area contributed by atoms with Gasteiger partial charge in [-0.2, -0.15) is 5.10 Å². The number of hydrogen-bond donors (Lipinski definition) is 1. The summed E-state index contributed by atoms with van der Waals surface area (Å²) in [5.41, 5.74) is 1.10. The highest BCUT2D eigenvalue weighted by Gasteiger charge is 2.37. The van der Waals surface area contributed by atoms with Crippen molar-refractivity contribution in [3.8, 4) is 0 Å². The second-order valence-corrected chi connectivity index (χ2v) is 8.66. The summed E-state index contributed by atoms with van der Waals surface area (Å²) in [7, 11) is -3.16. The lowest BCUT2D eigenvalue weighted by atomic mass is 10.1. The maximum atomic E-state index is 12.5. The van der Waals surface area contributed by atoms with Gasteiger partial charge in [0.25, 0.3) is 5.91 Å². The van der Waals surface area contributed by atoms with Crippen LogP contribution >= 0.6 is 0 Å². The van der Waals surface area contributed by atoms with Gasteiger partial charge in [0.05, 0.1) is 17.5 Å². The molecule has 0 spiro atoms. The van der Waals surface area contributed by atoms with Gasteiger partial charge in [-0.3, -0.25) is 14.4 Å². The van der Waals surface area contributed by atoms with Crippen molar-refractivity contribution < 1.29 is 22.8 Å². The minimum atomic E-state index is -3.16. The van der Waals surface area contributed by atoms with E-state index in [-0.39, 0.29) is 41.7 Å². The number of Topliss-reactive ketones (excluding diaryl/α,β-unsaturated/α-hetero) is 1. The van der Waals surface area contributed by atoms with Gasteiger partial charge in [0, 0.05) is 24.1 Å². The van der Waals surface area contributed by atoms with Crippen LogP contribution in [0.15, 0.2) is 29.4 Å². The average Bonchev–Trinajstić information content (AvgIpc) is 2.95. The number of amides is 2. The summed E-state index contributed by atoms with van der Waals surface area (Å²) < 4.78 is 23.3. The molecular weight excluding hydrogens is 358 g/mol. The third kappa shape index (κ3) is 3.98. The van der Waals surface area contributed by atoms with Crippen LogP contribution < -0.4 is 5.32 Å². The number of benzene rings is 1. The van der Waals surface area contributed by atoms with Crippen molar-refractivity contribution in [1.82, 2.24) is 5.01 Å². The Morgan fingerprint density at radius 2 is 2.04 bits per heavy atom. The van der Waals surface area contributed by atoms with E-state index in [4.69, 9.17) is 0 Å². The number of ketones is 1. The Balaban J connectivity index is 1.76. The molecule has 1 fully saturated rings. The molecule has 1 aromatic carbocycles. The first-order chi connectivity index (χ1) is 12.2. The molecule has 2 heterocycles. The molecule has 0 aromatic heterocycles. The van der Waals surface area contributed by atoms with E-state index >= 15 is 0 Å². The van der Waals surface area contributed by atoms with E-state index in [1.54, 1.807) is 24.3 Å². The summed E-state index contributed by atoms with van der Waals surface area (Å²) in [6.45, 7) is 1.44. The van der Waals surface area contributed by atoms with Crippen LogP contribution in [0.5, 0.6) is 0 Å². The van der Waals surface area contributed by atoms with Gasteiger partial charge in [0.1, 0.15) is 5.71 Å². The number of carbonyl (C=O) groups is 3. The molecule has 2 amide bonds. The Bertz CT molecular complexity index is 907. The largest absolute Gasteiger partial charge is 0.321 e. The number of sulfone groups is 1. The molecule has 9 heteroatoms. The maximum Gasteiger partial charge on any atom is 0.271 e. The highest BCUT2D eigenvalue weighted by Crippen LogP contribution is 2.22. The molecule has 1 N–H and O–H groups in total. The lowest BCUT2D eigenvalue weighted by molar-refractivity contribution is -0.133. The van der Waals surface area contributed by atoms with Crippen molar-refractivity contribution in [2.24, 2.45) is 5.10 Å². The van der Waals surface area contributed by atoms with Crippen LogP contribution in [0.2, 0.25) is 0 Å². The van der Waals surface area contributed by atoms with Crippen LogP contribution in [-0.2, 0) is 19.4 Å². The van der Waals surface area contributed by atoms with Gasteiger partial charge >= 0.3 is 0 Å². The number of nitrogens with one attached hydrogen (secondary N) is 1. The topological polar surface area (TPSA) is 113 Å². The van der Waals surface area contributed by atoms with Crippen LogP contribution in [0.4, 0.5) is 5.69 Å². The highest BCUT2D eigenvalue weighted by molar-refractivity contribution is 7.91. The van der Waals surface area contributed by atoms with Gasteiger partial charge in [0.2, 0.25) is 5.91 Å². The first kappa shape index (κ1) is 18.2. The number of carbonyl (C=O) groups excluding carboxylic acids is 3. The molecule has 26 heavy (non-hydrogen) atoms. The Kier molecular flexibility index (Phi) is 4.90. The molecule has 0 radical (unpaired) electrons. The third-order valence-electron chi connectivity index (χ3n) is 4.40. The minimum Gasteiger partial charge on any atom is -0.321 e. The number of hydrogen-bond acceptors (Lipinski definition) is 6. The zero-order valence-corrected chi connectivity index (χ0v) is 15.1. The van der Waals surface area contributed by atoms with E-state index in [9.17, 15) is 22.8 Å². The van der Waals surface area contributed by atoms with Crippen molar-refractivity contribution >= 4 is 38.8 Å². The molecule has 2 aliphatic heterocycles. The summed E-state index contributed by atoms with van der Waals surface area (Å²) in [6.07, 6.45) is 0.621. The Morgan fingerprint density at radius 1 is 1.27 bits per heavy atom. The molecule has 0 bridgehead atoms. The molecule has 0 aliphatic carbocycles. The lowest BCUT2D eigenvalue weighted by Gasteiger charge is -2.27. The second kappa shape index (κ2) is 6.99. The third-order valence-corrected chi connectivity index (χ3v) is 6.15. The smallest absolute Gasteiger partial charge is 0.271 e. The molecular formula is C17H19N3O5S. The summed E-state index contributed by atoms with van der Waals surface area (Å²) in [5, 5.41) is 7.94. The average molecular weight is 377 g/mol. The van der Waals surface area contributed by atoms with Gasteiger partial charge in [0.15, 0.2) is 15.6 Å². The number of rotatable bonds is 4. The Hall–Kier alpha value is -2.55. The van der Waals surface area contributed by atoms with E-state index in [0.29, 0.717) is 17.7 Å². The first-order valence-electron chi connectivity index (χ1n) is 8.27. The molecule has 8 nitrogen and oxygen atoms in total. The molecule has 1 saturated heterocycles. The molecule has 3 rings (SSSR count). The maximum absolute atomic E-state index is 12.5. The number of hydrazone groups is 1. The van der Waals surface area contributed by atoms with Gasteiger partial charge in [-0.1, -0.05) is 12.1 Å². The molecule has 1 atom stereocenters. The Morgan fingerprint density at radius 3 is 2.69 bits per heavy atom. The van der Waals surface area contributed by atoms with Crippen LogP contribution in [0.3, 0.4) is 0 Å². The van der Waals surface area contributed by atoms with E-state index in [1.807, 2.05) is 0 Å². The second-order valence-electron chi connectivity index (χ2n) is 6.43. The lowest BCUT2D eigenvalue weighted by Crippen LogP contribution is -2.42. The number of nitrogens with zero attached hydrogens (tertiary/aromatic N) is 2. The fourth-order valence-corrected chi connectivity index (χ4v) is 4.70. The van der Waals surface area contributed by atoms with Crippen molar-refractivity contribution in [3.63, 3.8) is 0 Å². The SMILES string of the molecule is CC(=O)c1cccc(NC(=O)C2=NN(C3CCS(=O)(=O)C3)C(=O)CC2)c1. The van der Waals surface area contributed by atoms with Crippen LogP contribution in [-0.4, -0.2) is 54.3 Å². The monoisotopic (exact) mass is 377 g/mol. The summed E-state index contributed by atoms with van der Waals surface area (Å²) >= 11 is 0. The summed E-state index contributed by atoms with van der Waals surface area (Å²) in [6, 6.07) is 6.01. The fourth-order valence-electron chi connectivity index (χ4n) is 3.01. The van der Waals surface area contributed by atoms with Crippen LogP contribution in [0.1, 0.15) is 36.5 Å². The molecule has 1 aromatic rings. The zero-order valence-electron chi connectivity index (χ0n) is 14.3. The predicted molar refractivity (Wildman–Crippen MR) is 95.7 cm³/mol. The zero-order chi connectivity index (χ0) is 18.9. The van der Waals surface area contributed by atoms with Gasteiger partial charge in [-0.15, -0.1) is 0 Å². The van der Waals surface area contributed by atoms with Gasteiger partial charge in [-0.25, -0.2) is 13.4 Å².